The van der Waals surface area contributed by atoms with Gasteiger partial charge in [0.2, 0.25) is 10.0 Å². The standard InChI is InChI=1S/C14H20Cl2N2O2S/c1-3-4-17-8-10-6-11(15)7-13(14(10)16)21(19,20)18-12-5-9(12)2/h6-7,9,12,17-18H,3-5,8H2,1-2H3. The number of nitrogens with one attached hydrogen (secondary N) is 2. The summed E-state index contributed by atoms with van der Waals surface area (Å²) in [6.07, 6.45) is 1.85. The third-order valence-electron chi connectivity index (χ3n) is 3.53. The first kappa shape index (κ1) is 17.0. The lowest BCUT2D eigenvalue weighted by Gasteiger charge is -2.13. The van der Waals surface area contributed by atoms with E-state index < -0.39 is 10.0 Å². The van der Waals surface area contributed by atoms with Crippen molar-refractivity contribution in [3.8, 4) is 0 Å². The first-order valence-corrected chi connectivity index (χ1v) is 9.30. The van der Waals surface area contributed by atoms with Gasteiger partial charge in [0.15, 0.2) is 0 Å². The zero-order valence-corrected chi connectivity index (χ0v) is 14.4. The van der Waals surface area contributed by atoms with Gasteiger partial charge in [-0.15, -0.1) is 0 Å². The number of sulfonamides is 1. The minimum Gasteiger partial charge on any atom is -0.313 e. The van der Waals surface area contributed by atoms with E-state index in [4.69, 9.17) is 23.2 Å². The van der Waals surface area contributed by atoms with Crippen molar-refractivity contribution in [1.29, 1.82) is 0 Å². The zero-order chi connectivity index (χ0) is 15.6. The molecule has 1 aromatic rings. The van der Waals surface area contributed by atoms with Crippen LogP contribution in [0.3, 0.4) is 0 Å². The van der Waals surface area contributed by atoms with Crippen LogP contribution in [0.15, 0.2) is 17.0 Å². The molecule has 2 unspecified atom stereocenters. The van der Waals surface area contributed by atoms with Crippen LogP contribution in [0.4, 0.5) is 0 Å². The van der Waals surface area contributed by atoms with Gasteiger partial charge in [-0.2, -0.15) is 0 Å². The summed E-state index contributed by atoms with van der Waals surface area (Å²) >= 11 is 12.3. The van der Waals surface area contributed by atoms with Crippen LogP contribution in [0, 0.1) is 5.92 Å². The maximum absolute atomic E-state index is 12.4. The van der Waals surface area contributed by atoms with Crippen LogP contribution in [0.1, 0.15) is 32.3 Å². The van der Waals surface area contributed by atoms with E-state index in [1.807, 2.05) is 6.92 Å². The molecule has 1 aliphatic rings. The van der Waals surface area contributed by atoms with Crippen LogP contribution in [0.25, 0.3) is 0 Å². The van der Waals surface area contributed by atoms with Crippen LogP contribution < -0.4 is 10.0 Å². The number of rotatable bonds is 7. The molecular weight excluding hydrogens is 331 g/mol. The Balaban J connectivity index is 2.26. The molecular formula is C14H20Cl2N2O2S. The summed E-state index contributed by atoms with van der Waals surface area (Å²) in [5, 5.41) is 3.81. The molecule has 0 aromatic heterocycles. The summed E-state index contributed by atoms with van der Waals surface area (Å²) < 4.78 is 27.5. The van der Waals surface area contributed by atoms with Gasteiger partial charge in [0.1, 0.15) is 4.90 Å². The van der Waals surface area contributed by atoms with E-state index in [0.29, 0.717) is 23.0 Å². The average molecular weight is 351 g/mol. The monoisotopic (exact) mass is 350 g/mol. The Morgan fingerprint density at radius 2 is 2.00 bits per heavy atom. The fraction of sp³-hybridized carbons (Fsp3) is 0.571. The van der Waals surface area contributed by atoms with Crippen LogP contribution >= 0.6 is 23.2 Å². The highest BCUT2D eigenvalue weighted by molar-refractivity contribution is 7.89. The van der Waals surface area contributed by atoms with E-state index in [9.17, 15) is 8.42 Å². The number of hydrogen-bond donors (Lipinski definition) is 2. The first-order chi connectivity index (χ1) is 9.85. The predicted octanol–water partition coefficient (Wildman–Crippen LogP) is 3.18. The highest BCUT2D eigenvalue weighted by Gasteiger charge is 2.37. The van der Waals surface area contributed by atoms with Gasteiger partial charge in [0, 0.05) is 17.6 Å². The van der Waals surface area contributed by atoms with Gasteiger partial charge in [-0.25, -0.2) is 13.1 Å². The fourth-order valence-corrected chi connectivity index (χ4v) is 4.38. The van der Waals surface area contributed by atoms with Gasteiger partial charge >= 0.3 is 0 Å². The van der Waals surface area contributed by atoms with E-state index in [1.165, 1.54) is 6.07 Å². The van der Waals surface area contributed by atoms with Crippen molar-refractivity contribution in [3.63, 3.8) is 0 Å². The van der Waals surface area contributed by atoms with Crippen molar-refractivity contribution in [3.05, 3.63) is 27.7 Å². The van der Waals surface area contributed by atoms with E-state index in [0.717, 1.165) is 19.4 Å². The van der Waals surface area contributed by atoms with E-state index >= 15 is 0 Å². The Labute approximate surface area is 136 Å². The summed E-state index contributed by atoms with van der Waals surface area (Å²) in [5.41, 5.74) is 0.696. The summed E-state index contributed by atoms with van der Waals surface area (Å²) in [6.45, 7) is 5.40. The molecule has 0 spiro atoms. The summed E-state index contributed by atoms with van der Waals surface area (Å²) in [4.78, 5) is 0.0593. The lowest BCUT2D eigenvalue weighted by atomic mass is 10.2. The van der Waals surface area contributed by atoms with Crippen molar-refractivity contribution in [2.24, 2.45) is 5.92 Å². The van der Waals surface area contributed by atoms with Gasteiger partial charge < -0.3 is 5.32 Å². The van der Waals surface area contributed by atoms with Crippen molar-refractivity contribution in [2.75, 3.05) is 6.54 Å². The quantitative estimate of drug-likeness (QED) is 0.742. The highest BCUT2D eigenvalue weighted by Crippen LogP contribution is 2.34. The minimum absolute atomic E-state index is 0.00622. The van der Waals surface area contributed by atoms with Crippen molar-refractivity contribution < 1.29 is 8.42 Å². The molecule has 1 fully saturated rings. The molecule has 0 aliphatic heterocycles. The second-order valence-corrected chi connectivity index (χ2v) is 7.99. The second-order valence-electron chi connectivity index (χ2n) is 5.49. The molecule has 118 valence electrons. The van der Waals surface area contributed by atoms with Crippen molar-refractivity contribution in [2.45, 2.75) is 44.2 Å². The normalized spacial score (nSPS) is 21.5. The highest BCUT2D eigenvalue weighted by atomic mass is 35.5. The molecule has 21 heavy (non-hydrogen) atoms. The largest absolute Gasteiger partial charge is 0.313 e. The lowest BCUT2D eigenvalue weighted by Crippen LogP contribution is -2.27. The molecule has 0 radical (unpaired) electrons. The third kappa shape index (κ3) is 4.33. The molecule has 4 nitrogen and oxygen atoms in total. The second kappa shape index (κ2) is 6.84. The van der Waals surface area contributed by atoms with E-state index in [-0.39, 0.29) is 16.0 Å². The van der Waals surface area contributed by atoms with Crippen LogP contribution in [-0.4, -0.2) is 21.0 Å². The van der Waals surface area contributed by atoms with Crippen LogP contribution in [-0.2, 0) is 16.6 Å². The maximum atomic E-state index is 12.4. The summed E-state index contributed by atoms with van der Waals surface area (Å²) in [7, 11) is -3.63. The molecule has 0 amide bonds. The molecule has 7 heteroatoms. The lowest BCUT2D eigenvalue weighted by molar-refractivity contribution is 0.578. The fourth-order valence-electron chi connectivity index (χ4n) is 2.09. The molecule has 2 atom stereocenters. The SMILES string of the molecule is CCCNCc1cc(Cl)cc(S(=O)(=O)NC2CC2C)c1Cl. The van der Waals surface area contributed by atoms with Gasteiger partial charge in [-0.3, -0.25) is 0 Å². The Bertz CT molecular complexity index is 620. The number of benzene rings is 1. The predicted molar refractivity (Wildman–Crippen MR) is 86.4 cm³/mol. The first-order valence-electron chi connectivity index (χ1n) is 7.06. The molecule has 0 bridgehead atoms. The van der Waals surface area contributed by atoms with Gasteiger partial charge in [0.25, 0.3) is 0 Å². The molecule has 2 rings (SSSR count). The van der Waals surface area contributed by atoms with Gasteiger partial charge in [-0.05, 0) is 43.0 Å². The molecule has 1 aliphatic carbocycles. The smallest absolute Gasteiger partial charge is 0.242 e. The summed E-state index contributed by atoms with van der Waals surface area (Å²) in [5.74, 6) is 0.378. The maximum Gasteiger partial charge on any atom is 0.242 e. The Kier molecular flexibility index (Phi) is 5.54. The van der Waals surface area contributed by atoms with Crippen molar-refractivity contribution in [1.82, 2.24) is 10.0 Å². The molecule has 0 saturated heterocycles. The minimum atomic E-state index is -3.63. The number of halogens is 2. The molecule has 1 saturated carbocycles. The van der Waals surface area contributed by atoms with Crippen LogP contribution in [0.2, 0.25) is 10.0 Å². The third-order valence-corrected chi connectivity index (χ3v) is 5.82. The average Bonchev–Trinajstić information content (AvgIpc) is 3.07. The van der Waals surface area contributed by atoms with E-state index in [1.54, 1.807) is 6.07 Å². The Morgan fingerprint density at radius 1 is 1.33 bits per heavy atom. The van der Waals surface area contributed by atoms with Gasteiger partial charge in [0.05, 0.1) is 5.02 Å². The molecule has 1 aromatic carbocycles. The molecule has 2 N–H and O–H groups in total. The van der Waals surface area contributed by atoms with Crippen LogP contribution in [0.5, 0.6) is 0 Å². The van der Waals surface area contributed by atoms with Crippen molar-refractivity contribution >= 4 is 33.2 Å². The Morgan fingerprint density at radius 3 is 2.57 bits per heavy atom. The summed E-state index contributed by atoms with van der Waals surface area (Å²) in [6, 6.07) is 3.11. The topological polar surface area (TPSA) is 58.2 Å². The number of hydrogen-bond acceptors (Lipinski definition) is 3. The van der Waals surface area contributed by atoms with E-state index in [2.05, 4.69) is 17.0 Å². The molecule has 0 heterocycles. The zero-order valence-electron chi connectivity index (χ0n) is 12.1. The van der Waals surface area contributed by atoms with Gasteiger partial charge in [-0.1, -0.05) is 37.0 Å². The Hall–Kier alpha value is -0.330.